The molecule has 0 aliphatic carbocycles. The number of carbonyl (C=O) groups excluding carboxylic acids is 1. The first-order valence-corrected chi connectivity index (χ1v) is 14.7. The number of hydrazone groups is 1. The van der Waals surface area contributed by atoms with E-state index < -0.39 is 44.9 Å². The third kappa shape index (κ3) is 6.75. The van der Waals surface area contributed by atoms with E-state index in [-0.39, 0.29) is 4.90 Å². The van der Waals surface area contributed by atoms with Crippen molar-refractivity contribution in [1.29, 1.82) is 0 Å². The largest absolute Gasteiger partial charge is 0.417 e. The molecule has 4 rings (SSSR count). The lowest BCUT2D eigenvalue weighted by Crippen LogP contribution is -2.39. The number of rotatable bonds is 8. The normalized spacial score (nSPS) is 12.1. The maximum absolute atomic E-state index is 13.5. The summed E-state index contributed by atoms with van der Waals surface area (Å²) in [5.41, 5.74) is 3.46. The van der Waals surface area contributed by atoms with Gasteiger partial charge in [-0.05, 0) is 68.4 Å². The number of aromatic nitrogens is 1. The highest BCUT2D eigenvalue weighted by molar-refractivity contribution is 7.92. The van der Waals surface area contributed by atoms with Gasteiger partial charge in [0.15, 0.2) is 0 Å². The first kappa shape index (κ1) is 31.4. The third-order valence-electron chi connectivity index (χ3n) is 6.18. The van der Waals surface area contributed by atoms with E-state index in [2.05, 4.69) is 10.5 Å². The Morgan fingerprint density at radius 1 is 0.976 bits per heavy atom. The van der Waals surface area contributed by atoms with E-state index >= 15 is 0 Å². The van der Waals surface area contributed by atoms with Crippen LogP contribution in [0.3, 0.4) is 0 Å². The van der Waals surface area contributed by atoms with Gasteiger partial charge in [-0.3, -0.25) is 9.10 Å². The van der Waals surface area contributed by atoms with Crippen molar-refractivity contribution in [3.63, 3.8) is 0 Å². The van der Waals surface area contributed by atoms with E-state index in [4.69, 9.17) is 34.8 Å². The Morgan fingerprint density at radius 2 is 1.67 bits per heavy atom. The number of nitrogens with zero attached hydrogens (tertiary/aromatic N) is 3. The van der Waals surface area contributed by atoms with Crippen molar-refractivity contribution in [3.05, 3.63) is 110 Å². The Labute approximate surface area is 255 Å². The number of anilines is 1. The number of hydrogen-bond donors (Lipinski definition) is 1. The van der Waals surface area contributed by atoms with Crippen molar-refractivity contribution in [1.82, 2.24) is 9.99 Å². The molecule has 1 N–H and O–H groups in total. The lowest BCUT2D eigenvalue weighted by molar-refractivity contribution is -0.137. The number of hydrogen-bond acceptors (Lipinski definition) is 4. The average molecular weight is 658 g/mol. The third-order valence-corrected chi connectivity index (χ3v) is 8.83. The van der Waals surface area contributed by atoms with E-state index in [1.807, 2.05) is 18.4 Å². The lowest BCUT2D eigenvalue weighted by atomic mass is 10.2. The van der Waals surface area contributed by atoms with Gasteiger partial charge >= 0.3 is 6.18 Å². The molecule has 3 aromatic carbocycles. The number of alkyl halides is 3. The number of nitrogens with one attached hydrogen (secondary N) is 1. The Bertz CT molecular complexity index is 1780. The summed E-state index contributed by atoms with van der Waals surface area (Å²) in [4.78, 5) is 12.7. The van der Waals surface area contributed by atoms with Crippen LogP contribution in [-0.2, 0) is 21.0 Å². The van der Waals surface area contributed by atoms with Crippen molar-refractivity contribution in [3.8, 4) is 5.69 Å². The Hall–Kier alpha value is -3.51. The number of halogens is 6. The Kier molecular flexibility index (Phi) is 9.27. The first-order valence-electron chi connectivity index (χ1n) is 12.1. The minimum absolute atomic E-state index is 0.224. The zero-order valence-corrected chi connectivity index (χ0v) is 25.0. The molecule has 0 atom stereocenters. The number of benzene rings is 3. The fourth-order valence-electron chi connectivity index (χ4n) is 4.21. The second kappa shape index (κ2) is 12.4. The smallest absolute Gasteiger partial charge is 0.316 e. The number of aryl methyl sites for hydroxylation is 1. The summed E-state index contributed by atoms with van der Waals surface area (Å²) in [5.74, 6) is -0.899. The van der Waals surface area contributed by atoms with Gasteiger partial charge < -0.3 is 4.57 Å². The molecule has 0 unspecified atom stereocenters. The van der Waals surface area contributed by atoms with Gasteiger partial charge in [0.2, 0.25) is 0 Å². The van der Waals surface area contributed by atoms with Crippen molar-refractivity contribution in [2.75, 3.05) is 10.8 Å². The molecule has 0 saturated heterocycles. The Morgan fingerprint density at radius 3 is 2.31 bits per heavy atom. The summed E-state index contributed by atoms with van der Waals surface area (Å²) in [5, 5.41) is 4.24. The summed E-state index contributed by atoms with van der Waals surface area (Å²) in [7, 11) is -4.46. The summed E-state index contributed by atoms with van der Waals surface area (Å²) >= 11 is 18.1. The van der Waals surface area contributed by atoms with E-state index in [0.717, 1.165) is 23.5 Å². The van der Waals surface area contributed by atoms with Crippen LogP contribution < -0.4 is 9.73 Å². The van der Waals surface area contributed by atoms with Gasteiger partial charge in [0.05, 0.1) is 38.1 Å². The van der Waals surface area contributed by atoms with Crippen molar-refractivity contribution in [2.45, 2.75) is 24.9 Å². The fraction of sp³-hybridized carbons (Fsp3) is 0.143. The molecule has 0 aliphatic rings. The van der Waals surface area contributed by atoms with Gasteiger partial charge in [-0.2, -0.15) is 18.3 Å². The van der Waals surface area contributed by atoms with Gasteiger partial charge in [0.25, 0.3) is 15.9 Å². The molecule has 1 aromatic heterocycles. The van der Waals surface area contributed by atoms with E-state index in [1.54, 1.807) is 30.3 Å². The van der Waals surface area contributed by atoms with Crippen molar-refractivity contribution >= 4 is 62.6 Å². The van der Waals surface area contributed by atoms with Crippen LogP contribution in [0.25, 0.3) is 5.69 Å². The second-order valence-corrected chi connectivity index (χ2v) is 12.2. The molecule has 0 aliphatic heterocycles. The van der Waals surface area contributed by atoms with Crippen LogP contribution in [0.2, 0.25) is 15.1 Å². The highest BCUT2D eigenvalue weighted by Crippen LogP contribution is 2.38. The molecule has 1 heterocycles. The number of carbonyl (C=O) groups is 1. The van der Waals surface area contributed by atoms with Crippen LogP contribution in [0.15, 0.2) is 82.8 Å². The summed E-state index contributed by atoms with van der Waals surface area (Å²) in [6.45, 7) is 2.79. The second-order valence-electron chi connectivity index (χ2n) is 9.04. The molecule has 0 spiro atoms. The quantitative estimate of drug-likeness (QED) is 0.158. The lowest BCUT2D eigenvalue weighted by Gasteiger charge is -2.24. The van der Waals surface area contributed by atoms with Crippen molar-refractivity contribution in [2.24, 2.45) is 5.10 Å². The highest BCUT2D eigenvalue weighted by atomic mass is 35.5. The molecule has 0 fully saturated rings. The highest BCUT2D eigenvalue weighted by Gasteiger charge is 2.35. The molecule has 7 nitrogen and oxygen atoms in total. The average Bonchev–Trinajstić information content (AvgIpc) is 3.20. The molecule has 4 aromatic rings. The SMILES string of the molecule is Cc1cc(/C=N\NC(=O)CN(c2ccc(Cl)c(C(F)(F)F)c2)S(=O)(=O)c2ccccc2)c(C)n1-c1ccc(Cl)cc1Cl. The molecule has 14 heteroatoms. The van der Waals surface area contributed by atoms with Crippen LogP contribution in [0.4, 0.5) is 18.9 Å². The topological polar surface area (TPSA) is 83.8 Å². The minimum Gasteiger partial charge on any atom is -0.316 e. The molecule has 0 radical (unpaired) electrons. The first-order chi connectivity index (χ1) is 19.7. The van der Waals surface area contributed by atoms with Crippen molar-refractivity contribution < 1.29 is 26.4 Å². The van der Waals surface area contributed by atoms with Crippen LogP contribution in [0.1, 0.15) is 22.5 Å². The molecular weight excluding hydrogens is 636 g/mol. The van der Waals surface area contributed by atoms with Crippen LogP contribution in [0, 0.1) is 13.8 Å². The van der Waals surface area contributed by atoms with Gasteiger partial charge in [-0.25, -0.2) is 13.8 Å². The standard InChI is InChI=1S/C28H22Cl3F3N4O3S/c1-17-12-19(18(2)38(17)26-11-8-20(29)13-25(26)31)15-35-36-27(39)16-37(42(40,41)22-6-4-3-5-7-22)21-9-10-24(30)23(14-21)28(32,33)34/h3-15H,16H2,1-2H3,(H,36,39)/b35-15-. The fourth-order valence-corrected chi connectivity index (χ4v) is 6.36. The van der Waals surface area contributed by atoms with E-state index in [9.17, 15) is 26.4 Å². The van der Waals surface area contributed by atoms with E-state index in [1.165, 1.54) is 30.5 Å². The van der Waals surface area contributed by atoms with Gasteiger partial charge in [0.1, 0.15) is 6.54 Å². The summed E-state index contributed by atoms with van der Waals surface area (Å²) < 4.78 is 70.0. The summed E-state index contributed by atoms with van der Waals surface area (Å²) in [6, 6.07) is 16.5. The maximum atomic E-state index is 13.5. The number of amides is 1. The molecule has 1 amide bonds. The monoisotopic (exact) mass is 656 g/mol. The minimum atomic E-state index is -4.86. The molecule has 0 saturated carbocycles. The number of sulfonamides is 1. The molecule has 42 heavy (non-hydrogen) atoms. The van der Waals surface area contributed by atoms with Crippen LogP contribution in [-0.4, -0.2) is 31.7 Å². The summed E-state index contributed by atoms with van der Waals surface area (Å²) in [6.07, 6.45) is -3.49. The van der Waals surface area contributed by atoms with Gasteiger partial charge in [-0.15, -0.1) is 0 Å². The molecule has 0 bridgehead atoms. The predicted molar refractivity (Wildman–Crippen MR) is 158 cm³/mol. The van der Waals surface area contributed by atoms with Gasteiger partial charge in [0, 0.05) is 22.0 Å². The van der Waals surface area contributed by atoms with Gasteiger partial charge in [-0.1, -0.05) is 53.0 Å². The zero-order chi connectivity index (χ0) is 30.8. The predicted octanol–water partition coefficient (Wildman–Crippen LogP) is 7.42. The Balaban J connectivity index is 1.62. The van der Waals surface area contributed by atoms with Crippen LogP contribution >= 0.6 is 34.8 Å². The molecule has 220 valence electrons. The van der Waals surface area contributed by atoms with Crippen LogP contribution in [0.5, 0.6) is 0 Å². The zero-order valence-electron chi connectivity index (χ0n) is 22.0. The van der Waals surface area contributed by atoms with E-state index in [0.29, 0.717) is 31.7 Å². The molecular formula is C28H22Cl3F3N4O3S. The maximum Gasteiger partial charge on any atom is 0.417 e.